The van der Waals surface area contributed by atoms with Gasteiger partial charge in [0.15, 0.2) is 11.5 Å². The molecular formula is C43H34N2O. The third-order valence-electron chi connectivity index (χ3n) is 8.78. The van der Waals surface area contributed by atoms with Crippen LogP contribution in [0.4, 0.5) is 17.1 Å². The molecule has 3 nitrogen and oxygen atoms in total. The SMILES string of the molecule is Cc1cc(C)cc(-c2ccc3c(c2)Oc2cc(-c4cc(C)cc(C)c4)ccc2N3c2cccc(-c3nccc4ccccc34)c2)c1. The number of anilines is 3. The molecule has 46 heavy (non-hydrogen) atoms. The topological polar surface area (TPSA) is 25.4 Å². The van der Waals surface area contributed by atoms with Crippen LogP contribution in [0.3, 0.4) is 0 Å². The lowest BCUT2D eigenvalue weighted by Gasteiger charge is -2.33. The Balaban J connectivity index is 1.30. The van der Waals surface area contributed by atoms with Crippen molar-refractivity contribution in [2.24, 2.45) is 0 Å². The summed E-state index contributed by atoms with van der Waals surface area (Å²) in [5.41, 5.74) is 14.7. The number of aromatic nitrogens is 1. The number of nitrogens with zero attached hydrogens (tertiary/aromatic N) is 2. The van der Waals surface area contributed by atoms with Crippen LogP contribution < -0.4 is 9.64 Å². The largest absolute Gasteiger partial charge is 0.453 e. The monoisotopic (exact) mass is 594 g/mol. The molecule has 1 aliphatic rings. The molecule has 0 N–H and O–H groups in total. The summed E-state index contributed by atoms with van der Waals surface area (Å²) in [5, 5.41) is 2.32. The number of ether oxygens (including phenoxy) is 1. The quantitative estimate of drug-likeness (QED) is 0.203. The zero-order valence-corrected chi connectivity index (χ0v) is 26.5. The first-order chi connectivity index (χ1) is 22.4. The minimum Gasteiger partial charge on any atom is -0.453 e. The lowest BCUT2D eigenvalue weighted by Crippen LogP contribution is -2.16. The van der Waals surface area contributed by atoms with Gasteiger partial charge in [-0.05, 0) is 97.8 Å². The summed E-state index contributed by atoms with van der Waals surface area (Å²) in [6.45, 7) is 8.59. The Labute approximate surface area is 270 Å². The predicted octanol–water partition coefficient (Wildman–Crippen LogP) is 12.0. The maximum Gasteiger partial charge on any atom is 0.152 e. The minimum absolute atomic E-state index is 0.829. The Kier molecular flexibility index (Phi) is 6.69. The number of hydrogen-bond acceptors (Lipinski definition) is 3. The molecular weight excluding hydrogens is 560 g/mol. The van der Waals surface area contributed by atoms with Crippen molar-refractivity contribution in [1.29, 1.82) is 0 Å². The lowest BCUT2D eigenvalue weighted by molar-refractivity contribution is 0.477. The number of pyridine rings is 1. The van der Waals surface area contributed by atoms with E-state index in [-0.39, 0.29) is 0 Å². The van der Waals surface area contributed by atoms with Gasteiger partial charge in [0, 0.05) is 22.8 Å². The molecule has 1 aromatic heterocycles. The fourth-order valence-corrected chi connectivity index (χ4v) is 6.87. The smallest absolute Gasteiger partial charge is 0.152 e. The molecule has 0 bridgehead atoms. The molecule has 0 fully saturated rings. The van der Waals surface area contributed by atoms with E-state index in [9.17, 15) is 0 Å². The van der Waals surface area contributed by atoms with Crippen LogP contribution in [0, 0.1) is 27.7 Å². The van der Waals surface area contributed by atoms with E-state index in [4.69, 9.17) is 9.72 Å². The summed E-state index contributed by atoms with van der Waals surface area (Å²) >= 11 is 0. The van der Waals surface area contributed by atoms with Gasteiger partial charge in [-0.2, -0.15) is 0 Å². The van der Waals surface area contributed by atoms with Crippen LogP contribution in [0.1, 0.15) is 22.3 Å². The summed E-state index contributed by atoms with van der Waals surface area (Å²) in [7, 11) is 0. The van der Waals surface area contributed by atoms with Crippen molar-refractivity contribution >= 4 is 27.8 Å². The van der Waals surface area contributed by atoms with E-state index in [2.05, 4.69) is 160 Å². The van der Waals surface area contributed by atoms with Crippen LogP contribution in [-0.2, 0) is 0 Å². The molecule has 3 heteroatoms. The van der Waals surface area contributed by atoms with Gasteiger partial charge < -0.3 is 9.64 Å². The van der Waals surface area contributed by atoms with Gasteiger partial charge >= 0.3 is 0 Å². The first-order valence-corrected chi connectivity index (χ1v) is 15.8. The van der Waals surface area contributed by atoms with Crippen molar-refractivity contribution in [2.75, 3.05) is 4.90 Å². The normalized spacial score (nSPS) is 12.0. The van der Waals surface area contributed by atoms with Crippen molar-refractivity contribution in [2.45, 2.75) is 27.7 Å². The molecule has 8 rings (SSSR count). The van der Waals surface area contributed by atoms with Gasteiger partial charge in [-0.25, -0.2) is 0 Å². The van der Waals surface area contributed by atoms with E-state index in [1.165, 1.54) is 38.8 Å². The summed E-state index contributed by atoms with van der Waals surface area (Å²) in [6, 6.07) is 45.7. The molecule has 7 aromatic rings. The van der Waals surface area contributed by atoms with E-state index >= 15 is 0 Å². The van der Waals surface area contributed by atoms with Gasteiger partial charge in [-0.3, -0.25) is 4.98 Å². The minimum atomic E-state index is 0.829. The second-order valence-electron chi connectivity index (χ2n) is 12.5. The molecule has 6 aromatic carbocycles. The Bertz CT molecular complexity index is 2150. The maximum atomic E-state index is 6.79. The Morgan fingerprint density at radius 1 is 0.478 bits per heavy atom. The van der Waals surface area contributed by atoms with Crippen LogP contribution in [0.15, 0.2) is 134 Å². The molecule has 2 heterocycles. The number of hydrogen-bond donors (Lipinski definition) is 0. The summed E-state index contributed by atoms with van der Waals surface area (Å²) < 4.78 is 6.79. The van der Waals surface area contributed by atoms with Crippen molar-refractivity contribution in [3.05, 3.63) is 156 Å². The van der Waals surface area contributed by atoms with Crippen molar-refractivity contribution in [1.82, 2.24) is 4.98 Å². The Hall–Kier alpha value is -5.67. The number of benzene rings is 6. The molecule has 0 spiro atoms. The second kappa shape index (κ2) is 11.0. The highest BCUT2D eigenvalue weighted by molar-refractivity contribution is 5.96. The highest BCUT2D eigenvalue weighted by atomic mass is 16.5. The predicted molar refractivity (Wildman–Crippen MR) is 192 cm³/mol. The highest BCUT2D eigenvalue weighted by Crippen LogP contribution is 2.52. The molecule has 0 unspecified atom stereocenters. The van der Waals surface area contributed by atoms with E-state index in [0.717, 1.165) is 56.3 Å². The van der Waals surface area contributed by atoms with Gasteiger partial charge in [-0.1, -0.05) is 107 Å². The molecule has 1 aliphatic heterocycles. The lowest BCUT2D eigenvalue weighted by atomic mass is 9.97. The van der Waals surface area contributed by atoms with Crippen molar-refractivity contribution in [3.63, 3.8) is 0 Å². The van der Waals surface area contributed by atoms with E-state index in [1.54, 1.807) is 0 Å². The number of aryl methyl sites for hydroxylation is 4. The third kappa shape index (κ3) is 5.00. The highest BCUT2D eigenvalue weighted by Gasteiger charge is 2.27. The van der Waals surface area contributed by atoms with Crippen LogP contribution >= 0.6 is 0 Å². The van der Waals surface area contributed by atoms with Crippen LogP contribution in [0.25, 0.3) is 44.3 Å². The van der Waals surface area contributed by atoms with E-state index < -0.39 is 0 Å². The van der Waals surface area contributed by atoms with Gasteiger partial charge in [0.05, 0.1) is 17.1 Å². The summed E-state index contributed by atoms with van der Waals surface area (Å²) in [4.78, 5) is 7.15. The Morgan fingerprint density at radius 2 is 1.07 bits per heavy atom. The van der Waals surface area contributed by atoms with Gasteiger partial charge in [-0.15, -0.1) is 0 Å². The van der Waals surface area contributed by atoms with Crippen molar-refractivity contribution in [3.8, 4) is 45.0 Å². The molecule has 0 atom stereocenters. The zero-order chi connectivity index (χ0) is 31.4. The first kappa shape index (κ1) is 27.8. The van der Waals surface area contributed by atoms with Crippen LogP contribution in [0.5, 0.6) is 11.5 Å². The average Bonchev–Trinajstić information content (AvgIpc) is 3.05. The number of rotatable bonds is 4. The average molecular weight is 595 g/mol. The maximum absolute atomic E-state index is 6.79. The summed E-state index contributed by atoms with van der Waals surface area (Å²) in [6.07, 6.45) is 1.90. The number of fused-ring (bicyclic) bond motifs is 3. The van der Waals surface area contributed by atoms with E-state index in [1.807, 2.05) is 6.20 Å². The van der Waals surface area contributed by atoms with E-state index in [0.29, 0.717) is 0 Å². The molecule has 0 saturated heterocycles. The third-order valence-corrected chi connectivity index (χ3v) is 8.78. The molecule has 0 radical (unpaired) electrons. The summed E-state index contributed by atoms with van der Waals surface area (Å²) in [5.74, 6) is 1.66. The molecule has 222 valence electrons. The fraction of sp³-hybridized carbons (Fsp3) is 0.0930. The van der Waals surface area contributed by atoms with Crippen LogP contribution in [0.2, 0.25) is 0 Å². The zero-order valence-electron chi connectivity index (χ0n) is 26.5. The Morgan fingerprint density at radius 3 is 1.67 bits per heavy atom. The molecule has 0 saturated carbocycles. The van der Waals surface area contributed by atoms with Crippen molar-refractivity contribution < 1.29 is 4.74 Å². The first-order valence-electron chi connectivity index (χ1n) is 15.8. The fourth-order valence-electron chi connectivity index (χ4n) is 6.87. The van der Waals surface area contributed by atoms with Gasteiger partial charge in [0.2, 0.25) is 0 Å². The van der Waals surface area contributed by atoms with Gasteiger partial charge in [0.25, 0.3) is 0 Å². The standard InChI is InChI=1S/C43H34N2O/c1-27-18-28(2)21-35(20-27)32-12-14-39-41(25-32)46-42-26-33(36-22-29(3)19-30(4)23-36)13-15-40(42)45(39)37-10-7-9-34(24-37)43-38-11-6-5-8-31(38)16-17-44-43/h5-26H,1-4H3. The second-order valence-corrected chi connectivity index (χ2v) is 12.5. The molecule has 0 aliphatic carbocycles. The van der Waals surface area contributed by atoms with Crippen LogP contribution in [-0.4, -0.2) is 4.98 Å². The van der Waals surface area contributed by atoms with Gasteiger partial charge in [0.1, 0.15) is 0 Å². The molecule has 0 amide bonds.